The molecule has 0 saturated heterocycles. The molecule has 3 heteroatoms. The first kappa shape index (κ1) is 15.6. The minimum Gasteiger partial charge on any atom is -0.305 e. The lowest BCUT2D eigenvalue weighted by atomic mass is 9.98. The Morgan fingerprint density at radius 2 is 1.53 bits per heavy atom. The predicted molar refractivity (Wildman–Crippen MR) is 84.0 cm³/mol. The van der Waals surface area contributed by atoms with Crippen LogP contribution >= 0.6 is 17.0 Å². The SMILES string of the molecule is Br.CN(C)Cc1ccccc1C(=O)c1ccccc1. The first-order valence-electron chi connectivity index (χ1n) is 6.01. The van der Waals surface area contributed by atoms with Gasteiger partial charge in [-0.05, 0) is 19.7 Å². The van der Waals surface area contributed by atoms with E-state index in [9.17, 15) is 4.79 Å². The fourth-order valence-corrected chi connectivity index (χ4v) is 1.97. The van der Waals surface area contributed by atoms with Gasteiger partial charge in [0.05, 0.1) is 0 Å². The Morgan fingerprint density at radius 1 is 0.947 bits per heavy atom. The molecule has 0 saturated carbocycles. The number of benzene rings is 2. The summed E-state index contributed by atoms with van der Waals surface area (Å²) in [7, 11) is 4.01. The molecule has 2 rings (SSSR count). The average Bonchev–Trinajstić information content (AvgIpc) is 2.39. The van der Waals surface area contributed by atoms with Gasteiger partial charge in [-0.15, -0.1) is 17.0 Å². The standard InChI is InChI=1S/C16H17NO.BrH/c1-17(2)12-14-10-6-7-11-15(14)16(18)13-8-4-3-5-9-13;/h3-11H,12H2,1-2H3;1H. The van der Waals surface area contributed by atoms with E-state index in [0.717, 1.165) is 23.2 Å². The van der Waals surface area contributed by atoms with Crippen LogP contribution in [0.2, 0.25) is 0 Å². The molecule has 0 fully saturated rings. The van der Waals surface area contributed by atoms with E-state index in [1.54, 1.807) is 0 Å². The number of ketones is 1. The van der Waals surface area contributed by atoms with Crippen molar-refractivity contribution in [3.8, 4) is 0 Å². The zero-order valence-corrected chi connectivity index (χ0v) is 12.9. The van der Waals surface area contributed by atoms with Crippen molar-refractivity contribution in [3.05, 3.63) is 71.3 Å². The van der Waals surface area contributed by atoms with Crippen molar-refractivity contribution in [1.82, 2.24) is 4.90 Å². The Bertz CT molecular complexity index is 537. The van der Waals surface area contributed by atoms with E-state index >= 15 is 0 Å². The third kappa shape index (κ3) is 4.01. The van der Waals surface area contributed by atoms with Crippen molar-refractivity contribution in [3.63, 3.8) is 0 Å². The maximum Gasteiger partial charge on any atom is 0.193 e. The smallest absolute Gasteiger partial charge is 0.193 e. The third-order valence-electron chi connectivity index (χ3n) is 2.78. The van der Waals surface area contributed by atoms with Crippen LogP contribution in [0.3, 0.4) is 0 Å². The van der Waals surface area contributed by atoms with E-state index in [1.165, 1.54) is 0 Å². The van der Waals surface area contributed by atoms with E-state index in [2.05, 4.69) is 4.90 Å². The average molecular weight is 320 g/mol. The molecular formula is C16H18BrNO. The van der Waals surface area contributed by atoms with Crippen LogP contribution in [0.1, 0.15) is 21.5 Å². The molecule has 2 aromatic carbocycles. The van der Waals surface area contributed by atoms with Gasteiger partial charge in [0.2, 0.25) is 0 Å². The number of hydrogen-bond donors (Lipinski definition) is 0. The van der Waals surface area contributed by atoms with Crippen LogP contribution in [-0.2, 0) is 6.54 Å². The topological polar surface area (TPSA) is 20.3 Å². The van der Waals surface area contributed by atoms with Crippen LogP contribution in [-0.4, -0.2) is 24.8 Å². The molecular weight excluding hydrogens is 302 g/mol. The van der Waals surface area contributed by atoms with Crippen molar-refractivity contribution in [2.75, 3.05) is 14.1 Å². The van der Waals surface area contributed by atoms with Crippen LogP contribution in [0.15, 0.2) is 54.6 Å². The Morgan fingerprint density at radius 3 is 2.16 bits per heavy atom. The summed E-state index contributed by atoms with van der Waals surface area (Å²) < 4.78 is 0. The molecule has 0 aromatic heterocycles. The van der Waals surface area contributed by atoms with Gasteiger partial charge in [-0.25, -0.2) is 0 Å². The van der Waals surface area contributed by atoms with E-state index in [0.29, 0.717) is 0 Å². The molecule has 0 bridgehead atoms. The minimum atomic E-state index is 0. The number of halogens is 1. The number of rotatable bonds is 4. The number of carbonyl (C=O) groups is 1. The largest absolute Gasteiger partial charge is 0.305 e. The van der Waals surface area contributed by atoms with Gasteiger partial charge in [-0.2, -0.15) is 0 Å². The molecule has 0 spiro atoms. The highest BCUT2D eigenvalue weighted by molar-refractivity contribution is 8.93. The zero-order valence-electron chi connectivity index (χ0n) is 11.2. The number of nitrogens with zero attached hydrogens (tertiary/aromatic N) is 1. The highest BCUT2D eigenvalue weighted by Crippen LogP contribution is 2.15. The fourth-order valence-electron chi connectivity index (χ4n) is 1.97. The Labute approximate surface area is 124 Å². The van der Waals surface area contributed by atoms with Crippen LogP contribution in [0.25, 0.3) is 0 Å². The van der Waals surface area contributed by atoms with Gasteiger partial charge < -0.3 is 4.90 Å². The van der Waals surface area contributed by atoms with Gasteiger partial charge in [0, 0.05) is 17.7 Å². The van der Waals surface area contributed by atoms with Crippen molar-refractivity contribution >= 4 is 22.8 Å². The lowest BCUT2D eigenvalue weighted by Gasteiger charge is -2.13. The summed E-state index contributed by atoms with van der Waals surface area (Å²) in [5.41, 5.74) is 2.59. The van der Waals surface area contributed by atoms with Crippen LogP contribution in [0.4, 0.5) is 0 Å². The maximum absolute atomic E-state index is 12.4. The van der Waals surface area contributed by atoms with Crippen molar-refractivity contribution in [1.29, 1.82) is 0 Å². The number of hydrogen-bond acceptors (Lipinski definition) is 2. The minimum absolute atomic E-state index is 0. The third-order valence-corrected chi connectivity index (χ3v) is 2.78. The molecule has 2 nitrogen and oxygen atoms in total. The van der Waals surface area contributed by atoms with Crippen molar-refractivity contribution in [2.24, 2.45) is 0 Å². The molecule has 0 N–H and O–H groups in total. The molecule has 0 atom stereocenters. The van der Waals surface area contributed by atoms with Gasteiger partial charge >= 0.3 is 0 Å². The normalized spacial score (nSPS) is 10.1. The van der Waals surface area contributed by atoms with Crippen LogP contribution < -0.4 is 0 Å². The molecule has 0 aliphatic rings. The van der Waals surface area contributed by atoms with E-state index in [4.69, 9.17) is 0 Å². The Kier molecular flexibility index (Phi) is 5.93. The highest BCUT2D eigenvalue weighted by Gasteiger charge is 2.12. The molecule has 100 valence electrons. The van der Waals surface area contributed by atoms with Crippen LogP contribution in [0.5, 0.6) is 0 Å². The van der Waals surface area contributed by atoms with Gasteiger partial charge in [0.1, 0.15) is 0 Å². The Balaban J connectivity index is 0.00000180. The molecule has 19 heavy (non-hydrogen) atoms. The van der Waals surface area contributed by atoms with Crippen LogP contribution in [0, 0.1) is 0 Å². The zero-order chi connectivity index (χ0) is 13.0. The molecule has 0 aliphatic carbocycles. The summed E-state index contributed by atoms with van der Waals surface area (Å²) in [5, 5.41) is 0. The summed E-state index contributed by atoms with van der Waals surface area (Å²) in [4.78, 5) is 14.5. The summed E-state index contributed by atoms with van der Waals surface area (Å²) in [6.45, 7) is 0.773. The summed E-state index contributed by atoms with van der Waals surface area (Å²) in [6.07, 6.45) is 0. The molecule has 0 unspecified atom stereocenters. The molecule has 2 aromatic rings. The summed E-state index contributed by atoms with van der Waals surface area (Å²) in [5.74, 6) is 0.0908. The first-order chi connectivity index (χ1) is 8.68. The molecule has 0 heterocycles. The number of carbonyl (C=O) groups excluding carboxylic acids is 1. The van der Waals surface area contributed by atoms with E-state index in [-0.39, 0.29) is 22.8 Å². The Hall–Kier alpha value is -1.45. The van der Waals surface area contributed by atoms with Gasteiger partial charge in [0.15, 0.2) is 5.78 Å². The quantitative estimate of drug-likeness (QED) is 0.803. The molecule has 0 amide bonds. The van der Waals surface area contributed by atoms with E-state index in [1.807, 2.05) is 68.7 Å². The second-order valence-electron chi connectivity index (χ2n) is 4.59. The fraction of sp³-hybridized carbons (Fsp3) is 0.188. The van der Waals surface area contributed by atoms with Crippen molar-refractivity contribution in [2.45, 2.75) is 6.54 Å². The van der Waals surface area contributed by atoms with E-state index < -0.39 is 0 Å². The van der Waals surface area contributed by atoms with Gasteiger partial charge in [0.25, 0.3) is 0 Å². The summed E-state index contributed by atoms with van der Waals surface area (Å²) >= 11 is 0. The lowest BCUT2D eigenvalue weighted by molar-refractivity contribution is 0.103. The second kappa shape index (κ2) is 7.22. The van der Waals surface area contributed by atoms with Gasteiger partial charge in [-0.1, -0.05) is 54.6 Å². The maximum atomic E-state index is 12.4. The lowest BCUT2D eigenvalue weighted by Crippen LogP contribution is -2.14. The first-order valence-corrected chi connectivity index (χ1v) is 6.01. The van der Waals surface area contributed by atoms with Gasteiger partial charge in [-0.3, -0.25) is 4.79 Å². The monoisotopic (exact) mass is 319 g/mol. The highest BCUT2D eigenvalue weighted by atomic mass is 79.9. The van der Waals surface area contributed by atoms with Crippen molar-refractivity contribution < 1.29 is 4.79 Å². The summed E-state index contributed by atoms with van der Waals surface area (Å²) in [6, 6.07) is 17.2. The second-order valence-corrected chi connectivity index (χ2v) is 4.59. The predicted octanol–water partition coefficient (Wildman–Crippen LogP) is 3.56. The molecule has 0 aliphatic heterocycles. The molecule has 0 radical (unpaired) electrons.